The van der Waals surface area contributed by atoms with Gasteiger partial charge in [-0.1, -0.05) is 13.0 Å². The first-order valence-electron chi connectivity index (χ1n) is 9.31. The largest absolute Gasteiger partial charge is 0.457 e. The van der Waals surface area contributed by atoms with Gasteiger partial charge in [0.05, 0.1) is 11.0 Å². The number of rotatable bonds is 4. The second-order valence-corrected chi connectivity index (χ2v) is 9.95. The Morgan fingerprint density at radius 2 is 1.89 bits per heavy atom. The quantitative estimate of drug-likeness (QED) is 0.491. The number of alkyl halides is 1. The maximum absolute atomic E-state index is 12.5. The normalized spacial score (nSPS) is 37.7. The van der Waals surface area contributed by atoms with Crippen LogP contribution >= 0.6 is 11.6 Å². The van der Waals surface area contributed by atoms with E-state index >= 15 is 0 Å². The first-order chi connectivity index (χ1) is 12.0. The van der Waals surface area contributed by atoms with Gasteiger partial charge in [-0.2, -0.15) is 0 Å². The Morgan fingerprint density at radius 3 is 2.37 bits per heavy atom. The highest BCUT2D eigenvalue weighted by atomic mass is 35.5. The van der Waals surface area contributed by atoms with Gasteiger partial charge < -0.3 is 20.1 Å². The zero-order valence-corrected chi connectivity index (χ0v) is 17.6. The van der Waals surface area contributed by atoms with Gasteiger partial charge in [0.1, 0.15) is 11.7 Å². The third-order valence-corrected chi connectivity index (χ3v) is 6.73. The smallest absolute Gasteiger partial charge is 0.339 e. The molecule has 7 heteroatoms. The van der Waals surface area contributed by atoms with Crippen LogP contribution in [0.5, 0.6) is 0 Å². The van der Waals surface area contributed by atoms with E-state index in [1.165, 1.54) is 27.7 Å². The molecule has 2 aliphatic rings. The van der Waals surface area contributed by atoms with Crippen LogP contribution in [0.4, 0.5) is 0 Å². The summed E-state index contributed by atoms with van der Waals surface area (Å²) >= 11 is 5.88. The average Bonchev–Trinajstić information content (AvgIpc) is 2.47. The summed E-state index contributed by atoms with van der Waals surface area (Å²) in [7, 11) is 0. The molecule has 0 saturated heterocycles. The highest BCUT2D eigenvalue weighted by Crippen LogP contribution is 2.54. The van der Waals surface area contributed by atoms with E-state index in [4.69, 9.17) is 16.3 Å². The molecule has 0 heterocycles. The van der Waals surface area contributed by atoms with Crippen molar-refractivity contribution in [2.45, 2.75) is 89.1 Å². The fourth-order valence-electron chi connectivity index (χ4n) is 4.24. The second kappa shape index (κ2) is 6.83. The third kappa shape index (κ3) is 3.95. The number of Topliss-reactive ketones (excluding diaryl/α,β-unsaturated/α-hetero) is 1. The van der Waals surface area contributed by atoms with Crippen LogP contribution in [0.3, 0.4) is 0 Å². The fourth-order valence-corrected chi connectivity index (χ4v) is 4.33. The molecule has 0 aromatic rings. The summed E-state index contributed by atoms with van der Waals surface area (Å²) in [4.78, 5) is 24.9. The van der Waals surface area contributed by atoms with Crippen LogP contribution in [0.15, 0.2) is 11.6 Å². The molecule has 6 atom stereocenters. The molecule has 1 saturated carbocycles. The standard InChI is InChI=1S/C20H31ClO6/c1-11(21)19(5,25)16(23)27-15-7-8-18(4)10-13(22)12(17(2,3)24)9-14(18)20(15,6)26/h9,11,14-15,24-26H,7-8,10H2,1-6H3/t11-,14+,15-,18+,19-,20-/m0/s1. The number of esters is 1. The minimum atomic E-state index is -1.88. The van der Waals surface area contributed by atoms with Crippen LogP contribution in [0, 0.1) is 11.3 Å². The van der Waals surface area contributed by atoms with Crippen LogP contribution in [0.25, 0.3) is 0 Å². The number of hydrogen-bond acceptors (Lipinski definition) is 6. The van der Waals surface area contributed by atoms with E-state index in [0.29, 0.717) is 12.8 Å². The lowest BCUT2D eigenvalue weighted by Crippen LogP contribution is -2.60. The van der Waals surface area contributed by atoms with Crippen LogP contribution < -0.4 is 0 Å². The molecule has 0 aromatic heterocycles. The Morgan fingerprint density at radius 1 is 1.33 bits per heavy atom. The Hall–Kier alpha value is -0.950. The van der Waals surface area contributed by atoms with Gasteiger partial charge >= 0.3 is 5.97 Å². The van der Waals surface area contributed by atoms with E-state index in [9.17, 15) is 24.9 Å². The summed E-state index contributed by atoms with van der Waals surface area (Å²) in [6, 6.07) is 0. The number of ether oxygens (including phenoxy) is 1. The molecule has 3 N–H and O–H groups in total. The van der Waals surface area contributed by atoms with Crippen LogP contribution in [-0.2, 0) is 14.3 Å². The van der Waals surface area contributed by atoms with E-state index in [2.05, 4.69) is 0 Å². The van der Waals surface area contributed by atoms with E-state index in [1.807, 2.05) is 6.92 Å². The first kappa shape index (κ1) is 22.3. The third-order valence-electron chi connectivity index (χ3n) is 6.30. The van der Waals surface area contributed by atoms with Crippen molar-refractivity contribution in [1.82, 2.24) is 0 Å². The van der Waals surface area contributed by atoms with Crippen molar-refractivity contribution in [3.05, 3.63) is 11.6 Å². The highest BCUT2D eigenvalue weighted by Gasteiger charge is 2.57. The first-order valence-corrected chi connectivity index (χ1v) is 9.75. The van der Waals surface area contributed by atoms with Crippen molar-refractivity contribution in [1.29, 1.82) is 0 Å². The van der Waals surface area contributed by atoms with Crippen LogP contribution in [-0.4, -0.2) is 55.4 Å². The molecule has 0 aromatic carbocycles. The summed E-state index contributed by atoms with van der Waals surface area (Å²) < 4.78 is 5.47. The lowest BCUT2D eigenvalue weighted by atomic mass is 9.54. The topological polar surface area (TPSA) is 104 Å². The molecule has 0 radical (unpaired) electrons. The van der Waals surface area contributed by atoms with E-state index in [-0.39, 0.29) is 17.8 Å². The van der Waals surface area contributed by atoms with Crippen molar-refractivity contribution >= 4 is 23.4 Å². The van der Waals surface area contributed by atoms with Gasteiger partial charge in [0.2, 0.25) is 0 Å². The number of halogens is 1. The summed E-state index contributed by atoms with van der Waals surface area (Å²) in [5.74, 6) is -1.52. The Balaban J connectivity index is 2.37. The lowest BCUT2D eigenvalue weighted by Gasteiger charge is -2.54. The molecule has 2 rings (SSSR count). The minimum absolute atomic E-state index is 0.133. The molecule has 0 unspecified atom stereocenters. The van der Waals surface area contributed by atoms with Crippen LogP contribution in [0.2, 0.25) is 0 Å². The molecule has 0 amide bonds. The SMILES string of the molecule is C[C@H](Cl)[C@](C)(O)C(=O)O[C@H]1CC[C@]2(C)CC(=O)C(C(C)(C)O)=C[C@H]2[C@]1(C)O. The van der Waals surface area contributed by atoms with Gasteiger partial charge in [0.15, 0.2) is 11.4 Å². The average molecular weight is 403 g/mol. The summed E-state index contributed by atoms with van der Waals surface area (Å²) in [5.41, 5.74) is -4.91. The van der Waals surface area contributed by atoms with Gasteiger partial charge in [0, 0.05) is 17.9 Å². The number of aliphatic hydroxyl groups is 3. The molecule has 27 heavy (non-hydrogen) atoms. The van der Waals surface area contributed by atoms with Crippen molar-refractivity contribution in [2.75, 3.05) is 0 Å². The number of carbonyl (C=O) groups excluding carboxylic acids is 2. The van der Waals surface area contributed by atoms with Gasteiger partial charge in [-0.15, -0.1) is 11.6 Å². The van der Waals surface area contributed by atoms with E-state index in [1.54, 1.807) is 13.0 Å². The molecule has 154 valence electrons. The van der Waals surface area contributed by atoms with E-state index in [0.717, 1.165) is 0 Å². The van der Waals surface area contributed by atoms with Gasteiger partial charge in [0.25, 0.3) is 0 Å². The summed E-state index contributed by atoms with van der Waals surface area (Å²) in [6.45, 7) is 9.34. The maximum Gasteiger partial charge on any atom is 0.339 e. The monoisotopic (exact) mass is 402 g/mol. The molecule has 2 aliphatic carbocycles. The molecular weight excluding hydrogens is 372 g/mol. The van der Waals surface area contributed by atoms with Crippen molar-refractivity contribution in [3.63, 3.8) is 0 Å². The number of fused-ring (bicyclic) bond motifs is 1. The van der Waals surface area contributed by atoms with Gasteiger partial charge in [-0.25, -0.2) is 4.79 Å². The minimum Gasteiger partial charge on any atom is -0.457 e. The summed E-state index contributed by atoms with van der Waals surface area (Å²) in [5, 5.41) is 31.0. The molecule has 0 spiro atoms. The second-order valence-electron chi connectivity index (χ2n) is 9.29. The zero-order chi connectivity index (χ0) is 21.0. The fraction of sp³-hybridized carbons (Fsp3) is 0.800. The molecule has 1 fully saturated rings. The van der Waals surface area contributed by atoms with E-state index < -0.39 is 45.6 Å². The summed E-state index contributed by atoms with van der Waals surface area (Å²) in [6.07, 6.45) is 1.90. The predicted octanol–water partition coefficient (Wildman–Crippen LogP) is 2.11. The van der Waals surface area contributed by atoms with Gasteiger partial charge in [-0.05, 0) is 52.9 Å². The molecular formula is C20H31ClO6. The number of hydrogen-bond donors (Lipinski definition) is 3. The molecule has 6 nitrogen and oxygen atoms in total. The van der Waals surface area contributed by atoms with Crippen LogP contribution in [0.1, 0.15) is 60.8 Å². The molecule has 0 aliphatic heterocycles. The zero-order valence-electron chi connectivity index (χ0n) is 16.9. The van der Waals surface area contributed by atoms with Crippen molar-refractivity contribution in [3.8, 4) is 0 Å². The van der Waals surface area contributed by atoms with Gasteiger partial charge in [-0.3, -0.25) is 4.79 Å². The maximum atomic E-state index is 12.5. The predicted molar refractivity (Wildman–Crippen MR) is 101 cm³/mol. The Labute approximate surface area is 165 Å². The molecule has 0 bridgehead atoms. The van der Waals surface area contributed by atoms with Crippen molar-refractivity contribution in [2.24, 2.45) is 11.3 Å². The van der Waals surface area contributed by atoms with Crippen molar-refractivity contribution < 1.29 is 29.6 Å². The number of ketones is 1. The Kier molecular flexibility index (Phi) is 5.65. The lowest BCUT2D eigenvalue weighted by molar-refractivity contribution is -0.203. The highest BCUT2D eigenvalue weighted by molar-refractivity contribution is 6.22. The Bertz CT molecular complexity index is 658. The number of carbonyl (C=O) groups is 2.